The lowest BCUT2D eigenvalue weighted by Gasteiger charge is -2.50. The van der Waals surface area contributed by atoms with Gasteiger partial charge in [0.2, 0.25) is 12.2 Å². The summed E-state index contributed by atoms with van der Waals surface area (Å²) in [4.78, 5) is 30.7. The standard InChI is InChI=1S/C43H41Cl3N4O12/c1-53-38(52)35-34(33(55-23-26-16-8-3-9-17-26)36(41(61-35)62-42(47)43(44,45)46)58-37(51)27-18-10-4-11-19-27)60-40-30(49-50-48)32(54-22-25-14-6-2-7-15-25)31-29(57-40)24-56-39(59-31)28-20-12-5-13-21-28/h2-21,29-36,39-41,47H,22-24H2,1H3/t29-,30-,31-,32-,33+,34+,35-,36-,39-,40-,41-/m1/s1. The highest BCUT2D eigenvalue weighted by Crippen LogP contribution is 2.40. The normalized spacial score (nSPS) is 28.4. The predicted octanol–water partition coefficient (Wildman–Crippen LogP) is 7.55. The van der Waals surface area contributed by atoms with Crippen LogP contribution in [0.1, 0.15) is 33.3 Å². The molecule has 3 heterocycles. The number of carbonyl (C=O) groups is 2. The van der Waals surface area contributed by atoms with Gasteiger partial charge in [-0.2, -0.15) is 0 Å². The zero-order chi connectivity index (χ0) is 43.6. The van der Waals surface area contributed by atoms with Crippen molar-refractivity contribution in [2.24, 2.45) is 5.11 Å². The number of hydrogen-bond donors (Lipinski definition) is 1. The third-order valence-electron chi connectivity index (χ3n) is 10.1. The predicted molar refractivity (Wildman–Crippen MR) is 222 cm³/mol. The number of azide groups is 1. The average molecular weight is 912 g/mol. The first kappa shape index (κ1) is 45.2. The summed E-state index contributed by atoms with van der Waals surface area (Å²) in [7, 11) is 1.11. The van der Waals surface area contributed by atoms with Crippen LogP contribution in [0.5, 0.6) is 0 Å². The van der Waals surface area contributed by atoms with Crippen LogP contribution in [0, 0.1) is 5.41 Å². The van der Waals surface area contributed by atoms with E-state index >= 15 is 0 Å². The van der Waals surface area contributed by atoms with E-state index < -0.39 is 89.3 Å². The van der Waals surface area contributed by atoms with Crippen LogP contribution in [0.4, 0.5) is 0 Å². The van der Waals surface area contributed by atoms with Gasteiger partial charge < -0.3 is 47.4 Å². The Bertz CT molecular complexity index is 2150. The lowest BCUT2D eigenvalue weighted by Crippen LogP contribution is -2.67. The number of nitrogens with one attached hydrogen (secondary N) is 1. The molecule has 4 aromatic carbocycles. The van der Waals surface area contributed by atoms with Gasteiger partial charge in [0.1, 0.15) is 36.6 Å². The Morgan fingerprint density at radius 3 is 1.92 bits per heavy atom. The maximum Gasteiger partial charge on any atom is 0.338 e. The zero-order valence-corrected chi connectivity index (χ0v) is 35.2. The van der Waals surface area contributed by atoms with Gasteiger partial charge in [0.15, 0.2) is 24.8 Å². The molecule has 326 valence electrons. The monoisotopic (exact) mass is 910 g/mol. The van der Waals surface area contributed by atoms with Crippen LogP contribution in [0.25, 0.3) is 10.4 Å². The molecule has 3 saturated heterocycles. The molecule has 7 rings (SSSR count). The third-order valence-corrected chi connectivity index (χ3v) is 10.6. The number of rotatable bonds is 14. The summed E-state index contributed by atoms with van der Waals surface area (Å²) >= 11 is 18.1. The molecule has 3 aliphatic heterocycles. The zero-order valence-electron chi connectivity index (χ0n) is 32.9. The van der Waals surface area contributed by atoms with Crippen molar-refractivity contribution in [3.63, 3.8) is 0 Å². The van der Waals surface area contributed by atoms with Crippen LogP contribution in [0.15, 0.2) is 126 Å². The van der Waals surface area contributed by atoms with Gasteiger partial charge in [-0.15, -0.1) is 0 Å². The fourth-order valence-corrected chi connectivity index (χ4v) is 7.27. The molecule has 19 heteroatoms. The maximum absolute atomic E-state index is 13.8. The summed E-state index contributed by atoms with van der Waals surface area (Å²) in [6.07, 6.45) is -13.4. The number of ether oxygens (including phenoxy) is 10. The number of benzene rings is 4. The molecule has 4 aromatic rings. The quantitative estimate of drug-likeness (QED) is 0.0248. The van der Waals surface area contributed by atoms with Gasteiger partial charge in [-0.1, -0.05) is 149 Å². The van der Waals surface area contributed by atoms with Gasteiger partial charge in [-0.25, -0.2) is 9.59 Å². The Kier molecular flexibility index (Phi) is 15.3. The largest absolute Gasteiger partial charge is 0.467 e. The van der Waals surface area contributed by atoms with E-state index in [2.05, 4.69) is 10.0 Å². The van der Waals surface area contributed by atoms with Crippen molar-refractivity contribution < 1.29 is 57.0 Å². The lowest BCUT2D eigenvalue weighted by atomic mass is 9.94. The van der Waals surface area contributed by atoms with Gasteiger partial charge >= 0.3 is 11.9 Å². The Balaban J connectivity index is 1.28. The van der Waals surface area contributed by atoms with E-state index in [1.165, 1.54) is 12.1 Å². The highest BCUT2D eigenvalue weighted by atomic mass is 35.6. The number of esters is 2. The first-order valence-corrected chi connectivity index (χ1v) is 20.5. The van der Waals surface area contributed by atoms with Crippen molar-refractivity contribution in [3.05, 3.63) is 154 Å². The highest BCUT2D eigenvalue weighted by molar-refractivity contribution is 6.76. The second kappa shape index (κ2) is 21.0. The summed E-state index contributed by atoms with van der Waals surface area (Å²) < 4.78 is 59.6. The van der Waals surface area contributed by atoms with E-state index in [1.54, 1.807) is 42.5 Å². The fourth-order valence-electron chi connectivity index (χ4n) is 7.14. The molecule has 0 bridgehead atoms. The van der Waals surface area contributed by atoms with Gasteiger partial charge in [0.05, 0.1) is 32.5 Å². The first-order chi connectivity index (χ1) is 30.0. The van der Waals surface area contributed by atoms with Crippen LogP contribution in [-0.2, 0) is 65.4 Å². The van der Waals surface area contributed by atoms with Crippen molar-refractivity contribution in [2.75, 3.05) is 13.7 Å². The van der Waals surface area contributed by atoms with Crippen LogP contribution < -0.4 is 0 Å². The minimum atomic E-state index is -2.40. The summed E-state index contributed by atoms with van der Waals surface area (Å²) in [6.45, 7) is -0.0697. The van der Waals surface area contributed by atoms with Gasteiger partial charge in [-0.05, 0) is 28.8 Å². The van der Waals surface area contributed by atoms with E-state index in [0.29, 0.717) is 5.56 Å². The van der Waals surface area contributed by atoms with Crippen molar-refractivity contribution in [1.82, 2.24) is 0 Å². The van der Waals surface area contributed by atoms with Crippen molar-refractivity contribution in [2.45, 2.75) is 84.6 Å². The number of alkyl halides is 3. The summed E-state index contributed by atoms with van der Waals surface area (Å²) in [5.41, 5.74) is 12.4. The maximum atomic E-state index is 13.8. The second-order valence-corrected chi connectivity index (χ2v) is 16.4. The van der Waals surface area contributed by atoms with E-state index in [-0.39, 0.29) is 25.4 Å². The van der Waals surface area contributed by atoms with Crippen molar-refractivity contribution in [3.8, 4) is 0 Å². The van der Waals surface area contributed by atoms with Crippen molar-refractivity contribution >= 4 is 52.6 Å². The van der Waals surface area contributed by atoms with Crippen LogP contribution >= 0.6 is 34.8 Å². The SMILES string of the molecule is COC(=O)[C@@H]1O[C@H](OC(=N)C(Cl)(Cl)Cl)[C@H](OC(=O)c2ccccc2)[C@@H](OCc2ccccc2)[C@@H]1O[C@H]1O[C@@H]2CO[C@@H](c3ccccc3)O[C@H]2[C@H](OCc2ccccc2)[C@H]1N=[N+]=[N-]. The van der Waals surface area contributed by atoms with Crippen LogP contribution in [-0.4, -0.2) is 96.7 Å². The molecule has 0 unspecified atom stereocenters. The summed E-state index contributed by atoms with van der Waals surface area (Å²) in [5, 5.41) is 12.5. The number of hydrogen-bond acceptors (Lipinski definition) is 14. The van der Waals surface area contributed by atoms with E-state index in [1.807, 2.05) is 66.7 Å². The van der Waals surface area contributed by atoms with Gasteiger partial charge in [0.25, 0.3) is 3.79 Å². The van der Waals surface area contributed by atoms with Crippen LogP contribution in [0.2, 0.25) is 0 Å². The van der Waals surface area contributed by atoms with E-state index in [4.69, 9.17) is 87.6 Å². The van der Waals surface area contributed by atoms with E-state index in [0.717, 1.165) is 18.2 Å². The summed E-state index contributed by atoms with van der Waals surface area (Å²) in [6, 6.07) is 34.3. The van der Waals surface area contributed by atoms with E-state index in [9.17, 15) is 15.1 Å². The smallest absolute Gasteiger partial charge is 0.338 e. The fraction of sp³-hybridized carbons (Fsp3) is 0.372. The molecule has 11 atom stereocenters. The molecule has 1 N–H and O–H groups in total. The number of methoxy groups -OCH3 is 1. The molecule has 0 saturated carbocycles. The first-order valence-electron chi connectivity index (χ1n) is 19.3. The highest BCUT2D eigenvalue weighted by Gasteiger charge is 2.58. The lowest BCUT2D eigenvalue weighted by molar-refractivity contribution is -0.369. The number of halogens is 3. The molecule has 0 aliphatic carbocycles. The van der Waals surface area contributed by atoms with Gasteiger partial charge in [-0.3, -0.25) is 5.41 Å². The Morgan fingerprint density at radius 1 is 0.758 bits per heavy atom. The average Bonchev–Trinajstić information content (AvgIpc) is 3.29. The molecule has 16 nitrogen and oxygen atoms in total. The molecule has 62 heavy (non-hydrogen) atoms. The Labute approximate surface area is 371 Å². The van der Waals surface area contributed by atoms with Crippen LogP contribution in [0.3, 0.4) is 0 Å². The summed E-state index contributed by atoms with van der Waals surface area (Å²) in [5.74, 6) is -2.78. The van der Waals surface area contributed by atoms with Crippen molar-refractivity contribution in [1.29, 1.82) is 5.41 Å². The topological polar surface area (TPSA) is 199 Å². The Hall–Kier alpha value is -4.81. The molecular weight excluding hydrogens is 871 g/mol. The molecular formula is C43H41Cl3N4O12. The minimum absolute atomic E-state index is 0.0137. The van der Waals surface area contributed by atoms with Gasteiger partial charge in [0, 0.05) is 10.5 Å². The molecule has 0 aromatic heterocycles. The molecule has 3 fully saturated rings. The number of nitrogens with zero attached hydrogens (tertiary/aromatic N) is 3. The molecule has 0 radical (unpaired) electrons. The molecule has 0 spiro atoms. The number of carbonyl (C=O) groups excluding carboxylic acids is 2. The second-order valence-electron chi connectivity index (χ2n) is 14.2. The number of fused-ring (bicyclic) bond motifs is 1. The third kappa shape index (κ3) is 11.0. The Morgan fingerprint density at radius 2 is 1.34 bits per heavy atom. The molecule has 3 aliphatic rings. The minimum Gasteiger partial charge on any atom is -0.467 e. The molecule has 0 amide bonds.